The van der Waals surface area contributed by atoms with Crippen LogP contribution in [-0.2, 0) is 26.0 Å². The third kappa shape index (κ3) is 5.44. The Hall–Kier alpha value is -2.23. The SMILES string of the molecule is NS(=O)(=O)c1ccc(CCNC(=O)COC(=O)c2ccsc2)cc1. The van der Waals surface area contributed by atoms with Crippen molar-refractivity contribution < 1.29 is 22.7 Å². The summed E-state index contributed by atoms with van der Waals surface area (Å²) in [6, 6.07) is 7.70. The fourth-order valence-corrected chi connectivity index (χ4v) is 2.98. The minimum absolute atomic E-state index is 0.0376. The number of nitrogens with one attached hydrogen (secondary N) is 1. The molecule has 0 atom stereocenters. The molecule has 9 heteroatoms. The number of hydrogen-bond donors (Lipinski definition) is 2. The lowest BCUT2D eigenvalue weighted by atomic mass is 10.1. The molecule has 0 saturated carbocycles. The highest BCUT2D eigenvalue weighted by Crippen LogP contribution is 2.09. The van der Waals surface area contributed by atoms with Crippen molar-refractivity contribution in [3.63, 3.8) is 0 Å². The van der Waals surface area contributed by atoms with Crippen LogP contribution in [0.5, 0.6) is 0 Å². The van der Waals surface area contributed by atoms with Crippen LogP contribution < -0.4 is 10.5 Å². The van der Waals surface area contributed by atoms with E-state index in [1.54, 1.807) is 29.0 Å². The molecule has 7 nitrogen and oxygen atoms in total. The molecule has 0 saturated heterocycles. The van der Waals surface area contributed by atoms with Gasteiger partial charge in [-0.2, -0.15) is 11.3 Å². The minimum Gasteiger partial charge on any atom is -0.452 e. The third-order valence-electron chi connectivity index (χ3n) is 3.08. The topological polar surface area (TPSA) is 116 Å². The van der Waals surface area contributed by atoms with Crippen molar-refractivity contribution in [1.29, 1.82) is 0 Å². The van der Waals surface area contributed by atoms with Gasteiger partial charge in [0, 0.05) is 11.9 Å². The second-order valence-electron chi connectivity index (χ2n) is 4.88. The van der Waals surface area contributed by atoms with E-state index >= 15 is 0 Å². The van der Waals surface area contributed by atoms with Crippen molar-refractivity contribution in [2.24, 2.45) is 5.14 Å². The summed E-state index contributed by atoms with van der Waals surface area (Å²) in [6.07, 6.45) is 0.509. The molecule has 0 radical (unpaired) electrons. The van der Waals surface area contributed by atoms with Gasteiger partial charge in [-0.1, -0.05) is 12.1 Å². The smallest absolute Gasteiger partial charge is 0.339 e. The summed E-state index contributed by atoms with van der Waals surface area (Å²) in [4.78, 5) is 23.2. The first-order valence-electron chi connectivity index (χ1n) is 6.94. The highest BCUT2D eigenvalue weighted by molar-refractivity contribution is 7.89. The first-order chi connectivity index (χ1) is 11.4. The number of hydrogen-bond acceptors (Lipinski definition) is 6. The molecule has 0 spiro atoms. The van der Waals surface area contributed by atoms with Gasteiger partial charge in [0.1, 0.15) is 0 Å². The van der Waals surface area contributed by atoms with Crippen LogP contribution >= 0.6 is 11.3 Å². The van der Waals surface area contributed by atoms with Crippen molar-refractivity contribution in [3.8, 4) is 0 Å². The zero-order valence-electron chi connectivity index (χ0n) is 12.6. The van der Waals surface area contributed by atoms with E-state index in [1.165, 1.54) is 23.5 Å². The summed E-state index contributed by atoms with van der Waals surface area (Å²) >= 11 is 1.37. The molecule has 0 unspecified atom stereocenters. The molecule has 2 rings (SSSR count). The van der Waals surface area contributed by atoms with Gasteiger partial charge in [-0.15, -0.1) is 0 Å². The van der Waals surface area contributed by atoms with E-state index < -0.39 is 21.9 Å². The van der Waals surface area contributed by atoms with Gasteiger partial charge in [0.05, 0.1) is 10.5 Å². The van der Waals surface area contributed by atoms with Gasteiger partial charge in [0.15, 0.2) is 6.61 Å². The Morgan fingerprint density at radius 3 is 2.46 bits per heavy atom. The number of sulfonamides is 1. The molecule has 0 fully saturated rings. The standard InChI is InChI=1S/C15H16N2O5S2/c16-24(20,21)13-3-1-11(2-4-13)5-7-17-14(18)9-22-15(19)12-6-8-23-10-12/h1-4,6,8,10H,5,7,9H2,(H,17,18)(H2,16,20,21). The van der Waals surface area contributed by atoms with Crippen LogP contribution in [0.15, 0.2) is 46.0 Å². The number of esters is 1. The van der Waals surface area contributed by atoms with Crippen LogP contribution in [-0.4, -0.2) is 33.4 Å². The van der Waals surface area contributed by atoms with Gasteiger partial charge in [-0.05, 0) is 35.6 Å². The predicted octanol–water partition coefficient (Wildman–Crippen LogP) is 0.911. The highest BCUT2D eigenvalue weighted by atomic mass is 32.2. The van der Waals surface area contributed by atoms with Crippen LogP contribution in [0.4, 0.5) is 0 Å². The Bertz CT molecular complexity index is 799. The first kappa shape index (κ1) is 18.1. The summed E-state index contributed by atoms with van der Waals surface area (Å²) in [7, 11) is -3.71. The zero-order chi connectivity index (χ0) is 17.6. The van der Waals surface area contributed by atoms with E-state index in [4.69, 9.17) is 9.88 Å². The number of benzene rings is 1. The van der Waals surface area contributed by atoms with Gasteiger partial charge >= 0.3 is 5.97 Å². The fourth-order valence-electron chi connectivity index (χ4n) is 1.84. The van der Waals surface area contributed by atoms with Crippen molar-refractivity contribution in [1.82, 2.24) is 5.32 Å². The Balaban J connectivity index is 1.72. The van der Waals surface area contributed by atoms with Crippen molar-refractivity contribution in [3.05, 3.63) is 52.2 Å². The average Bonchev–Trinajstić information content (AvgIpc) is 3.07. The van der Waals surface area contributed by atoms with Gasteiger partial charge in [0.25, 0.3) is 5.91 Å². The molecule has 1 aromatic carbocycles. The maximum absolute atomic E-state index is 11.6. The second-order valence-corrected chi connectivity index (χ2v) is 7.22. The monoisotopic (exact) mass is 368 g/mol. The maximum atomic E-state index is 11.6. The summed E-state index contributed by atoms with van der Waals surface area (Å²) in [5.41, 5.74) is 1.26. The number of carbonyl (C=O) groups is 2. The van der Waals surface area contributed by atoms with Crippen molar-refractivity contribution in [2.45, 2.75) is 11.3 Å². The predicted molar refractivity (Wildman–Crippen MR) is 89.1 cm³/mol. The first-order valence-corrected chi connectivity index (χ1v) is 9.43. The summed E-state index contributed by atoms with van der Waals surface area (Å²) < 4.78 is 27.2. The molecule has 0 aliphatic carbocycles. The molecule has 0 bridgehead atoms. The Morgan fingerprint density at radius 1 is 1.17 bits per heavy atom. The second kappa shape index (κ2) is 8.04. The maximum Gasteiger partial charge on any atom is 0.339 e. The molecule has 1 aromatic heterocycles. The lowest BCUT2D eigenvalue weighted by Gasteiger charge is -2.06. The van der Waals surface area contributed by atoms with Crippen LogP contribution in [0.2, 0.25) is 0 Å². The largest absolute Gasteiger partial charge is 0.452 e. The molecule has 24 heavy (non-hydrogen) atoms. The van der Waals surface area contributed by atoms with Crippen molar-refractivity contribution in [2.75, 3.05) is 13.2 Å². The van der Waals surface area contributed by atoms with E-state index in [0.717, 1.165) is 5.56 Å². The molecule has 1 heterocycles. The Kier molecular flexibility index (Phi) is 6.07. The summed E-state index contributed by atoms with van der Waals surface area (Å²) in [5.74, 6) is -0.940. The molecule has 1 amide bonds. The lowest BCUT2D eigenvalue weighted by molar-refractivity contribution is -0.124. The van der Waals surface area contributed by atoms with Crippen molar-refractivity contribution >= 4 is 33.2 Å². The molecule has 0 aliphatic heterocycles. The van der Waals surface area contributed by atoms with Crippen LogP contribution in [0, 0.1) is 0 Å². The van der Waals surface area contributed by atoms with Gasteiger partial charge in [0.2, 0.25) is 10.0 Å². The summed E-state index contributed by atoms with van der Waals surface area (Å²) in [5, 5.41) is 11.0. The number of carbonyl (C=O) groups excluding carboxylic acids is 2. The van der Waals surface area contributed by atoms with E-state index in [9.17, 15) is 18.0 Å². The molecule has 2 aromatic rings. The highest BCUT2D eigenvalue weighted by Gasteiger charge is 2.10. The van der Waals surface area contributed by atoms with E-state index in [1.807, 2.05) is 0 Å². The Labute approximate surface area is 143 Å². The van der Waals surface area contributed by atoms with Crippen LogP contribution in [0.25, 0.3) is 0 Å². The van der Waals surface area contributed by atoms with E-state index in [2.05, 4.69) is 5.32 Å². The molecule has 128 valence electrons. The quantitative estimate of drug-likeness (QED) is 0.705. The average molecular weight is 368 g/mol. The van der Waals surface area contributed by atoms with Crippen LogP contribution in [0.3, 0.4) is 0 Å². The Morgan fingerprint density at radius 2 is 1.88 bits per heavy atom. The van der Waals surface area contributed by atoms with Crippen LogP contribution in [0.1, 0.15) is 15.9 Å². The van der Waals surface area contributed by atoms with Gasteiger partial charge in [-0.3, -0.25) is 4.79 Å². The lowest BCUT2D eigenvalue weighted by Crippen LogP contribution is -2.30. The third-order valence-corrected chi connectivity index (χ3v) is 4.69. The minimum atomic E-state index is -3.71. The number of thiophene rings is 1. The molecular formula is C15H16N2O5S2. The number of rotatable bonds is 7. The number of ether oxygens (including phenoxy) is 1. The summed E-state index contributed by atoms with van der Waals surface area (Å²) in [6.45, 7) is -0.0113. The number of amides is 1. The normalized spacial score (nSPS) is 11.0. The zero-order valence-corrected chi connectivity index (χ0v) is 14.2. The number of nitrogens with two attached hydrogens (primary N) is 1. The van der Waals surface area contributed by atoms with Gasteiger partial charge < -0.3 is 10.1 Å². The molecular weight excluding hydrogens is 352 g/mol. The number of primary sulfonamides is 1. The fraction of sp³-hybridized carbons (Fsp3) is 0.200. The molecule has 0 aliphatic rings. The van der Waals surface area contributed by atoms with E-state index in [-0.39, 0.29) is 11.5 Å². The molecule has 3 N–H and O–H groups in total. The van der Waals surface area contributed by atoms with E-state index in [0.29, 0.717) is 18.5 Å². The van der Waals surface area contributed by atoms with Gasteiger partial charge in [-0.25, -0.2) is 18.4 Å².